The van der Waals surface area contributed by atoms with Crippen molar-refractivity contribution in [1.82, 2.24) is 4.98 Å². The van der Waals surface area contributed by atoms with Crippen molar-refractivity contribution in [3.63, 3.8) is 0 Å². The first-order chi connectivity index (χ1) is 6.65. The highest BCUT2D eigenvalue weighted by molar-refractivity contribution is 6.30. The zero-order chi connectivity index (χ0) is 10.6. The third-order valence-electron chi connectivity index (χ3n) is 1.93. The van der Waals surface area contributed by atoms with Gasteiger partial charge in [-0.25, -0.2) is 4.98 Å². The van der Waals surface area contributed by atoms with Crippen molar-refractivity contribution in [3.8, 4) is 0 Å². The molecule has 0 fully saturated rings. The van der Waals surface area contributed by atoms with E-state index in [9.17, 15) is 0 Å². The molecule has 76 valence electrons. The van der Waals surface area contributed by atoms with E-state index in [0.717, 1.165) is 17.6 Å². The number of nitrogens with zero attached hydrogens (tertiary/aromatic N) is 1. The summed E-state index contributed by atoms with van der Waals surface area (Å²) in [6, 6.07) is 1.81. The summed E-state index contributed by atoms with van der Waals surface area (Å²) in [5.74, 6) is 0.500. The maximum atomic E-state index is 5.82. The van der Waals surface area contributed by atoms with E-state index in [1.807, 2.05) is 19.1 Å². The van der Waals surface area contributed by atoms with E-state index in [2.05, 4.69) is 4.98 Å². The van der Waals surface area contributed by atoms with Gasteiger partial charge < -0.3 is 11.5 Å². The van der Waals surface area contributed by atoms with Crippen molar-refractivity contribution in [2.24, 2.45) is 5.73 Å². The number of hydrogen-bond acceptors (Lipinski definition) is 3. The summed E-state index contributed by atoms with van der Waals surface area (Å²) in [5.41, 5.74) is 13.1. The number of nitrogens with two attached hydrogens (primary N) is 2. The number of halogens is 1. The average Bonchev–Trinajstić information content (AvgIpc) is 2.18. The van der Waals surface area contributed by atoms with Gasteiger partial charge >= 0.3 is 0 Å². The maximum Gasteiger partial charge on any atom is 0.130 e. The van der Waals surface area contributed by atoms with Crippen LogP contribution in [-0.2, 0) is 0 Å². The molecule has 1 aromatic rings. The molecular formula is C10H14ClN3. The van der Waals surface area contributed by atoms with Crippen LogP contribution in [-0.4, -0.2) is 11.5 Å². The SMILES string of the molecule is CC(=CCCN)c1cc(Cl)cnc1N. The zero-order valence-electron chi connectivity index (χ0n) is 8.13. The molecule has 1 aromatic heterocycles. The molecule has 4 heteroatoms. The molecule has 0 unspecified atom stereocenters. The standard InChI is InChI=1S/C10H14ClN3/c1-7(3-2-4-12)9-5-8(11)6-14-10(9)13/h3,5-6H,2,4,12H2,1H3,(H2,13,14). The fourth-order valence-electron chi connectivity index (χ4n) is 1.18. The summed E-state index contributed by atoms with van der Waals surface area (Å²) in [6.07, 6.45) is 4.40. The van der Waals surface area contributed by atoms with Gasteiger partial charge in [-0.1, -0.05) is 17.7 Å². The van der Waals surface area contributed by atoms with Crippen LogP contribution in [0.3, 0.4) is 0 Å². The summed E-state index contributed by atoms with van der Waals surface area (Å²) in [6.45, 7) is 2.60. The van der Waals surface area contributed by atoms with E-state index >= 15 is 0 Å². The summed E-state index contributed by atoms with van der Waals surface area (Å²) in [4.78, 5) is 3.98. The number of hydrogen-bond donors (Lipinski definition) is 2. The molecule has 14 heavy (non-hydrogen) atoms. The highest BCUT2D eigenvalue weighted by Crippen LogP contribution is 2.22. The van der Waals surface area contributed by atoms with Crippen LogP contribution < -0.4 is 11.5 Å². The van der Waals surface area contributed by atoms with E-state index in [1.54, 1.807) is 0 Å². The van der Waals surface area contributed by atoms with Gasteiger partial charge in [0.15, 0.2) is 0 Å². The molecule has 1 heterocycles. The first-order valence-electron chi connectivity index (χ1n) is 4.43. The predicted molar refractivity (Wildman–Crippen MR) is 61.0 cm³/mol. The largest absolute Gasteiger partial charge is 0.383 e. The maximum absolute atomic E-state index is 5.82. The van der Waals surface area contributed by atoms with Crippen LogP contribution in [0.2, 0.25) is 5.02 Å². The smallest absolute Gasteiger partial charge is 0.130 e. The minimum atomic E-state index is 0.500. The molecule has 0 saturated carbocycles. The molecule has 0 aliphatic carbocycles. The van der Waals surface area contributed by atoms with Crippen molar-refractivity contribution in [1.29, 1.82) is 0 Å². The second-order valence-electron chi connectivity index (χ2n) is 3.05. The lowest BCUT2D eigenvalue weighted by Gasteiger charge is -2.05. The van der Waals surface area contributed by atoms with Crippen LogP contribution in [0.4, 0.5) is 5.82 Å². The number of allylic oxidation sites excluding steroid dienone is 1. The summed E-state index contributed by atoms with van der Waals surface area (Å²) < 4.78 is 0. The minimum Gasteiger partial charge on any atom is -0.383 e. The topological polar surface area (TPSA) is 64.9 Å². The lowest BCUT2D eigenvalue weighted by molar-refractivity contribution is 1.01. The normalized spacial score (nSPS) is 11.8. The van der Waals surface area contributed by atoms with Gasteiger partial charge in [0.2, 0.25) is 0 Å². The lowest BCUT2D eigenvalue weighted by atomic mass is 10.1. The summed E-state index contributed by atoms with van der Waals surface area (Å²) >= 11 is 5.82. The molecule has 0 bridgehead atoms. The van der Waals surface area contributed by atoms with Crippen LogP contribution in [0.25, 0.3) is 5.57 Å². The second kappa shape index (κ2) is 4.98. The quantitative estimate of drug-likeness (QED) is 0.805. The Hall–Kier alpha value is -1.06. The number of anilines is 1. The highest BCUT2D eigenvalue weighted by Gasteiger charge is 2.02. The number of nitrogen functional groups attached to an aromatic ring is 1. The molecule has 0 aliphatic rings. The minimum absolute atomic E-state index is 0.500. The van der Waals surface area contributed by atoms with E-state index in [4.69, 9.17) is 23.1 Å². The number of pyridine rings is 1. The van der Waals surface area contributed by atoms with Crippen LogP contribution in [0.5, 0.6) is 0 Å². The molecule has 0 saturated heterocycles. The van der Waals surface area contributed by atoms with Crippen molar-refractivity contribution in [2.45, 2.75) is 13.3 Å². The van der Waals surface area contributed by atoms with Crippen LogP contribution in [0.15, 0.2) is 18.3 Å². The Kier molecular flexibility index (Phi) is 3.92. The average molecular weight is 212 g/mol. The van der Waals surface area contributed by atoms with Crippen LogP contribution in [0, 0.1) is 0 Å². The molecule has 0 amide bonds. The Morgan fingerprint density at radius 3 is 3.00 bits per heavy atom. The first kappa shape index (κ1) is 11.0. The zero-order valence-corrected chi connectivity index (χ0v) is 8.88. The monoisotopic (exact) mass is 211 g/mol. The Bertz CT molecular complexity index is 347. The summed E-state index contributed by atoms with van der Waals surface area (Å²) in [5, 5.41) is 0.592. The fourth-order valence-corrected chi connectivity index (χ4v) is 1.33. The molecule has 4 N–H and O–H groups in total. The molecule has 0 aliphatic heterocycles. The predicted octanol–water partition coefficient (Wildman–Crippen LogP) is 2.07. The second-order valence-corrected chi connectivity index (χ2v) is 3.49. The molecule has 0 aromatic carbocycles. The van der Waals surface area contributed by atoms with E-state index in [-0.39, 0.29) is 0 Å². The molecule has 3 nitrogen and oxygen atoms in total. The molecule has 1 rings (SSSR count). The molecular weight excluding hydrogens is 198 g/mol. The van der Waals surface area contributed by atoms with Gasteiger partial charge in [0, 0.05) is 11.8 Å². The van der Waals surface area contributed by atoms with E-state index < -0.39 is 0 Å². The molecule has 0 atom stereocenters. The van der Waals surface area contributed by atoms with Crippen LogP contribution >= 0.6 is 11.6 Å². The number of aromatic nitrogens is 1. The fraction of sp³-hybridized carbons (Fsp3) is 0.300. The van der Waals surface area contributed by atoms with Gasteiger partial charge in [-0.3, -0.25) is 0 Å². The third kappa shape index (κ3) is 2.72. The third-order valence-corrected chi connectivity index (χ3v) is 2.13. The van der Waals surface area contributed by atoms with E-state index in [1.165, 1.54) is 6.20 Å². The highest BCUT2D eigenvalue weighted by atomic mass is 35.5. The number of rotatable bonds is 3. The first-order valence-corrected chi connectivity index (χ1v) is 4.81. The van der Waals surface area contributed by atoms with Gasteiger partial charge in [-0.2, -0.15) is 0 Å². The van der Waals surface area contributed by atoms with Crippen LogP contribution in [0.1, 0.15) is 18.9 Å². The Balaban J connectivity index is 2.99. The Labute approximate surface area is 88.8 Å². The van der Waals surface area contributed by atoms with Gasteiger partial charge in [-0.05, 0) is 31.5 Å². The van der Waals surface area contributed by atoms with Gasteiger partial charge in [0.1, 0.15) is 5.82 Å². The van der Waals surface area contributed by atoms with Crippen molar-refractivity contribution < 1.29 is 0 Å². The van der Waals surface area contributed by atoms with E-state index in [0.29, 0.717) is 17.4 Å². The molecule has 0 radical (unpaired) electrons. The van der Waals surface area contributed by atoms with Gasteiger partial charge in [0.25, 0.3) is 0 Å². The Morgan fingerprint density at radius 1 is 1.64 bits per heavy atom. The molecule has 0 spiro atoms. The van der Waals surface area contributed by atoms with Gasteiger partial charge in [-0.15, -0.1) is 0 Å². The van der Waals surface area contributed by atoms with Gasteiger partial charge in [0.05, 0.1) is 5.02 Å². The lowest BCUT2D eigenvalue weighted by Crippen LogP contribution is -1.98. The Morgan fingerprint density at radius 2 is 2.36 bits per heavy atom. The summed E-state index contributed by atoms with van der Waals surface area (Å²) in [7, 11) is 0. The van der Waals surface area contributed by atoms with Crippen molar-refractivity contribution in [3.05, 3.63) is 28.9 Å². The van der Waals surface area contributed by atoms with Crippen molar-refractivity contribution in [2.75, 3.05) is 12.3 Å². The van der Waals surface area contributed by atoms with Crippen molar-refractivity contribution >= 4 is 23.0 Å².